The SMILES string of the molecule is CN1C(=O)CN=C(c2ccccc2)c2ccccc21.NC(=O)/C=C/c1ccccc1Cl. The number of primary amides is 1. The number of nitrogens with two attached hydrogens (primary N) is 1. The van der Waals surface area contributed by atoms with Crippen molar-refractivity contribution in [3.05, 3.63) is 107 Å². The highest BCUT2D eigenvalue weighted by molar-refractivity contribution is 6.32. The highest BCUT2D eigenvalue weighted by atomic mass is 35.5. The summed E-state index contributed by atoms with van der Waals surface area (Å²) in [5.74, 6) is -0.465. The number of carbonyl (C=O) groups excluding carboxylic acids is 2. The van der Waals surface area contributed by atoms with Gasteiger partial charge in [0.1, 0.15) is 6.54 Å². The van der Waals surface area contributed by atoms with Crippen LogP contribution in [-0.2, 0) is 9.59 Å². The lowest BCUT2D eigenvalue weighted by atomic mass is 10.0. The van der Waals surface area contributed by atoms with Gasteiger partial charge in [0.05, 0.1) is 11.4 Å². The van der Waals surface area contributed by atoms with Gasteiger partial charge in [-0.05, 0) is 23.8 Å². The van der Waals surface area contributed by atoms with Crippen molar-refractivity contribution in [2.24, 2.45) is 10.7 Å². The number of aliphatic imine (C=N–C) groups is 1. The van der Waals surface area contributed by atoms with Gasteiger partial charge in [-0.2, -0.15) is 0 Å². The smallest absolute Gasteiger partial charge is 0.248 e. The van der Waals surface area contributed by atoms with E-state index in [0.29, 0.717) is 5.02 Å². The van der Waals surface area contributed by atoms with Crippen LogP contribution in [0.3, 0.4) is 0 Å². The number of hydrogen-bond acceptors (Lipinski definition) is 3. The fourth-order valence-electron chi connectivity index (χ4n) is 3.06. The number of hydrogen-bond donors (Lipinski definition) is 1. The summed E-state index contributed by atoms with van der Waals surface area (Å²) < 4.78 is 0. The van der Waals surface area contributed by atoms with Crippen LogP contribution in [0.1, 0.15) is 16.7 Å². The summed E-state index contributed by atoms with van der Waals surface area (Å²) in [5, 5.41) is 0.606. The minimum atomic E-state index is -0.477. The summed E-state index contributed by atoms with van der Waals surface area (Å²) in [5.41, 5.74) is 9.55. The number of para-hydroxylation sites is 1. The minimum Gasteiger partial charge on any atom is -0.366 e. The van der Waals surface area contributed by atoms with E-state index < -0.39 is 5.91 Å². The van der Waals surface area contributed by atoms with Crippen LogP contribution in [0.25, 0.3) is 6.08 Å². The molecule has 5 nitrogen and oxygen atoms in total. The average Bonchev–Trinajstić information content (AvgIpc) is 2.91. The third kappa shape index (κ3) is 5.68. The van der Waals surface area contributed by atoms with E-state index in [4.69, 9.17) is 17.3 Å². The van der Waals surface area contributed by atoms with Crippen LogP contribution in [0, 0.1) is 0 Å². The average molecular weight is 432 g/mol. The van der Waals surface area contributed by atoms with Gasteiger partial charge < -0.3 is 10.6 Å². The first-order valence-corrected chi connectivity index (χ1v) is 10.0. The molecule has 6 heteroatoms. The predicted molar refractivity (Wildman–Crippen MR) is 126 cm³/mol. The van der Waals surface area contributed by atoms with Crippen LogP contribution in [0.2, 0.25) is 5.02 Å². The topological polar surface area (TPSA) is 75.8 Å². The minimum absolute atomic E-state index is 0.0124. The third-order valence-electron chi connectivity index (χ3n) is 4.65. The summed E-state index contributed by atoms with van der Waals surface area (Å²) in [6, 6.07) is 25.1. The Hall–Kier alpha value is -3.70. The molecule has 1 aliphatic rings. The molecule has 31 heavy (non-hydrogen) atoms. The summed E-state index contributed by atoms with van der Waals surface area (Å²) in [6.45, 7) is 0.190. The fourth-order valence-corrected chi connectivity index (χ4v) is 3.26. The second-order valence-corrected chi connectivity index (χ2v) is 7.17. The maximum Gasteiger partial charge on any atom is 0.248 e. The molecule has 4 rings (SSSR count). The number of halogens is 1. The van der Waals surface area contributed by atoms with Crippen molar-refractivity contribution in [2.45, 2.75) is 0 Å². The highest BCUT2D eigenvalue weighted by Crippen LogP contribution is 2.25. The number of benzodiazepines with no additional fused rings is 1. The molecule has 0 bridgehead atoms. The van der Waals surface area contributed by atoms with Crippen LogP contribution in [0.4, 0.5) is 5.69 Å². The molecule has 1 heterocycles. The summed E-state index contributed by atoms with van der Waals surface area (Å²) in [4.78, 5) is 28.5. The largest absolute Gasteiger partial charge is 0.366 e. The summed E-state index contributed by atoms with van der Waals surface area (Å²) in [6.07, 6.45) is 2.87. The lowest BCUT2D eigenvalue weighted by Crippen LogP contribution is -2.27. The predicted octanol–water partition coefficient (Wildman–Crippen LogP) is 4.34. The van der Waals surface area contributed by atoms with E-state index in [9.17, 15) is 9.59 Å². The Morgan fingerprint density at radius 1 is 1.00 bits per heavy atom. The Kier molecular flexibility index (Phi) is 7.35. The van der Waals surface area contributed by atoms with Gasteiger partial charge in [0.15, 0.2) is 0 Å². The van der Waals surface area contributed by atoms with Crippen molar-refractivity contribution < 1.29 is 9.59 Å². The number of carbonyl (C=O) groups is 2. The standard InChI is InChI=1S/C16H14N2O.C9H8ClNO/c1-18-14-10-6-5-9-13(14)16(17-11-15(18)19)12-7-3-2-4-8-12;10-8-4-2-1-3-7(8)5-6-9(11)12/h2-10H,11H2,1H3;1-6H,(H2,11,12)/b;6-5+. The van der Waals surface area contributed by atoms with Gasteiger partial charge >= 0.3 is 0 Å². The first-order chi connectivity index (χ1) is 15.0. The number of fused-ring (bicyclic) bond motifs is 1. The molecule has 0 aliphatic carbocycles. The second-order valence-electron chi connectivity index (χ2n) is 6.76. The van der Waals surface area contributed by atoms with Gasteiger partial charge in [-0.15, -0.1) is 0 Å². The summed E-state index contributed by atoms with van der Waals surface area (Å²) in [7, 11) is 1.80. The molecule has 0 radical (unpaired) electrons. The molecule has 1 aliphatic heterocycles. The van der Waals surface area contributed by atoms with Crippen molar-refractivity contribution in [1.29, 1.82) is 0 Å². The van der Waals surface area contributed by atoms with Crippen molar-refractivity contribution in [2.75, 3.05) is 18.5 Å². The molecule has 0 spiro atoms. The lowest BCUT2D eigenvalue weighted by molar-refractivity contribution is -0.117. The van der Waals surface area contributed by atoms with E-state index in [1.807, 2.05) is 72.8 Å². The highest BCUT2D eigenvalue weighted by Gasteiger charge is 2.21. The number of likely N-dealkylation sites (N-methyl/N-ethyl adjacent to an activating group) is 1. The maximum absolute atomic E-state index is 12.0. The number of nitrogens with zero attached hydrogens (tertiary/aromatic N) is 2. The normalized spacial score (nSPS) is 13.0. The van der Waals surface area contributed by atoms with E-state index >= 15 is 0 Å². The van der Waals surface area contributed by atoms with E-state index in [0.717, 1.165) is 28.1 Å². The van der Waals surface area contributed by atoms with Gasteiger partial charge in [-0.3, -0.25) is 14.6 Å². The Balaban J connectivity index is 0.000000196. The number of amides is 2. The van der Waals surface area contributed by atoms with Crippen LogP contribution in [0.5, 0.6) is 0 Å². The monoisotopic (exact) mass is 431 g/mol. The number of rotatable bonds is 3. The quantitative estimate of drug-likeness (QED) is 0.626. The van der Waals surface area contributed by atoms with Gasteiger partial charge in [0.2, 0.25) is 11.8 Å². The molecule has 0 aromatic heterocycles. The number of benzene rings is 3. The fraction of sp³-hybridized carbons (Fsp3) is 0.0800. The van der Waals surface area contributed by atoms with Crippen LogP contribution in [-0.4, -0.2) is 31.1 Å². The molecule has 0 atom stereocenters. The molecule has 2 N–H and O–H groups in total. The maximum atomic E-state index is 12.0. The van der Waals surface area contributed by atoms with Gasteiger partial charge in [-0.1, -0.05) is 78.3 Å². The molecule has 0 saturated heterocycles. The molecular formula is C25H22ClN3O2. The Labute approximate surface area is 186 Å². The second kappa shape index (κ2) is 10.4. The first-order valence-electron chi connectivity index (χ1n) is 9.65. The molecule has 3 aromatic carbocycles. The van der Waals surface area contributed by atoms with Crippen LogP contribution >= 0.6 is 11.6 Å². The van der Waals surface area contributed by atoms with Gasteiger partial charge in [0.25, 0.3) is 0 Å². The molecule has 0 fully saturated rings. The molecule has 156 valence electrons. The molecule has 3 aromatic rings. The van der Waals surface area contributed by atoms with E-state index in [1.165, 1.54) is 6.08 Å². The van der Waals surface area contributed by atoms with E-state index in [2.05, 4.69) is 4.99 Å². The van der Waals surface area contributed by atoms with E-state index in [-0.39, 0.29) is 12.5 Å². The molecule has 0 saturated carbocycles. The van der Waals surface area contributed by atoms with Crippen molar-refractivity contribution >= 4 is 40.9 Å². The Morgan fingerprint density at radius 3 is 2.35 bits per heavy atom. The zero-order valence-corrected chi connectivity index (χ0v) is 17.8. The zero-order valence-electron chi connectivity index (χ0n) is 17.0. The molecular weight excluding hydrogens is 410 g/mol. The van der Waals surface area contributed by atoms with Gasteiger partial charge in [-0.25, -0.2) is 0 Å². The Morgan fingerprint density at radius 2 is 1.65 bits per heavy atom. The Bertz CT molecular complexity index is 1140. The van der Waals surface area contributed by atoms with Crippen molar-refractivity contribution in [3.8, 4) is 0 Å². The van der Waals surface area contributed by atoms with Crippen LogP contribution in [0.15, 0.2) is 89.9 Å². The molecule has 0 unspecified atom stereocenters. The number of anilines is 1. The third-order valence-corrected chi connectivity index (χ3v) is 4.99. The van der Waals surface area contributed by atoms with Crippen molar-refractivity contribution in [3.63, 3.8) is 0 Å². The van der Waals surface area contributed by atoms with Crippen molar-refractivity contribution in [1.82, 2.24) is 0 Å². The first kappa shape index (κ1) is 22.0. The van der Waals surface area contributed by atoms with E-state index in [1.54, 1.807) is 24.1 Å². The lowest BCUT2D eigenvalue weighted by Gasteiger charge is -2.17. The van der Waals surface area contributed by atoms with Crippen LogP contribution < -0.4 is 10.6 Å². The zero-order chi connectivity index (χ0) is 22.2. The molecule has 2 amide bonds. The van der Waals surface area contributed by atoms with Gasteiger partial charge in [0, 0.05) is 29.3 Å². The summed E-state index contributed by atoms with van der Waals surface area (Å²) >= 11 is 5.80.